The van der Waals surface area contributed by atoms with E-state index in [2.05, 4.69) is 30.4 Å². The number of fused-ring (bicyclic) bond motifs is 1. The van der Waals surface area contributed by atoms with Crippen LogP contribution in [0.5, 0.6) is 0 Å². The third kappa shape index (κ3) is 4.07. The molecule has 2 N–H and O–H groups in total. The third-order valence-electron chi connectivity index (χ3n) is 3.35. The van der Waals surface area contributed by atoms with Crippen LogP contribution < -0.4 is 9.44 Å². The molecule has 0 aliphatic carbocycles. The second kappa shape index (κ2) is 7.24. The van der Waals surface area contributed by atoms with Crippen molar-refractivity contribution in [1.29, 1.82) is 0 Å². The van der Waals surface area contributed by atoms with Crippen LogP contribution in [0.1, 0.15) is 6.92 Å². The van der Waals surface area contributed by atoms with Gasteiger partial charge < -0.3 is 0 Å². The molecule has 11 heteroatoms. The summed E-state index contributed by atoms with van der Waals surface area (Å²) in [4.78, 5) is 4.43. The molecule has 7 nitrogen and oxygen atoms in total. The molecule has 1 heterocycles. The molecule has 1 aromatic heterocycles. The van der Waals surface area contributed by atoms with Gasteiger partial charge in [-0.1, -0.05) is 34.2 Å². The van der Waals surface area contributed by atoms with Crippen LogP contribution >= 0.6 is 27.3 Å². The molecule has 0 bridgehead atoms. The summed E-state index contributed by atoms with van der Waals surface area (Å²) >= 11 is 4.32. The van der Waals surface area contributed by atoms with Crippen LogP contribution in [-0.4, -0.2) is 28.4 Å². The number of nitrogens with zero attached hydrogens (tertiary/aromatic N) is 1. The molecule has 3 rings (SSSR count). The van der Waals surface area contributed by atoms with E-state index in [9.17, 15) is 16.8 Å². The Bertz CT molecular complexity index is 1160. The number of benzene rings is 2. The first-order chi connectivity index (χ1) is 12.2. The molecule has 3 aromatic rings. The molecular weight excluding hydrogens is 462 g/mol. The Hall–Kier alpha value is -1.53. The molecule has 0 saturated heterocycles. The van der Waals surface area contributed by atoms with Crippen LogP contribution in [0, 0.1) is 0 Å². The van der Waals surface area contributed by atoms with Crippen molar-refractivity contribution in [1.82, 2.24) is 9.71 Å². The lowest BCUT2D eigenvalue weighted by atomic mass is 10.3. The number of halogens is 1. The van der Waals surface area contributed by atoms with Gasteiger partial charge in [0.25, 0.3) is 10.0 Å². The summed E-state index contributed by atoms with van der Waals surface area (Å²) in [6.45, 7) is 1.97. The van der Waals surface area contributed by atoms with Crippen molar-refractivity contribution in [3.05, 3.63) is 46.9 Å². The zero-order valence-corrected chi connectivity index (χ0v) is 17.5. The smallest absolute Gasteiger partial charge is 0.255 e. The summed E-state index contributed by atoms with van der Waals surface area (Å²) in [6.07, 6.45) is 0. The van der Waals surface area contributed by atoms with Crippen molar-refractivity contribution in [2.45, 2.75) is 16.7 Å². The molecule has 0 unspecified atom stereocenters. The van der Waals surface area contributed by atoms with Gasteiger partial charge in [-0.05, 0) is 42.5 Å². The van der Waals surface area contributed by atoms with Gasteiger partial charge in [0.2, 0.25) is 10.0 Å². The van der Waals surface area contributed by atoms with Crippen molar-refractivity contribution < 1.29 is 16.8 Å². The highest BCUT2D eigenvalue weighted by atomic mass is 79.9. The fourth-order valence-corrected chi connectivity index (χ4v) is 5.72. The summed E-state index contributed by atoms with van der Waals surface area (Å²) in [5, 5.41) is 0.168. The van der Waals surface area contributed by atoms with Crippen LogP contribution in [0.15, 0.2) is 56.7 Å². The minimum atomic E-state index is -3.78. The SMILES string of the molecule is CCNS(=O)(=O)c1ccc2nc(NS(=O)(=O)c3ccc(Br)cc3)sc2c1. The maximum atomic E-state index is 12.4. The van der Waals surface area contributed by atoms with Gasteiger partial charge in [0.1, 0.15) is 0 Å². The summed E-state index contributed by atoms with van der Waals surface area (Å²) in [7, 11) is -7.37. The Labute approximate surface area is 163 Å². The fourth-order valence-electron chi connectivity index (χ4n) is 2.18. The van der Waals surface area contributed by atoms with Crippen LogP contribution in [0.4, 0.5) is 5.13 Å². The van der Waals surface area contributed by atoms with E-state index in [0.717, 1.165) is 15.8 Å². The minimum absolute atomic E-state index is 0.107. The van der Waals surface area contributed by atoms with E-state index in [1.54, 1.807) is 25.1 Å². The number of hydrogen-bond acceptors (Lipinski definition) is 6. The minimum Gasteiger partial charge on any atom is -0.255 e. The Morgan fingerprint density at radius 3 is 2.31 bits per heavy atom. The van der Waals surface area contributed by atoms with Gasteiger partial charge in [-0.2, -0.15) is 0 Å². The highest BCUT2D eigenvalue weighted by Gasteiger charge is 2.18. The number of rotatable bonds is 6. The standard InChI is InChI=1S/C15H14BrN3O4S3/c1-2-17-25(20,21)12-7-8-13-14(9-12)24-15(18-13)19-26(22,23)11-5-3-10(16)4-6-11/h3-9,17H,2H2,1H3,(H,18,19). The molecular formula is C15H14BrN3O4S3. The number of nitrogens with one attached hydrogen (secondary N) is 2. The second-order valence-electron chi connectivity index (χ2n) is 5.21. The third-order valence-corrected chi connectivity index (χ3v) is 7.84. The highest BCUT2D eigenvalue weighted by Crippen LogP contribution is 2.29. The lowest BCUT2D eigenvalue weighted by Gasteiger charge is -2.04. The van der Waals surface area contributed by atoms with Gasteiger partial charge in [-0.15, -0.1) is 0 Å². The van der Waals surface area contributed by atoms with Crippen LogP contribution in [0.3, 0.4) is 0 Å². The largest absolute Gasteiger partial charge is 0.263 e. The van der Waals surface area contributed by atoms with E-state index in [0.29, 0.717) is 10.2 Å². The Balaban J connectivity index is 1.93. The van der Waals surface area contributed by atoms with Crippen LogP contribution in [-0.2, 0) is 20.0 Å². The zero-order chi connectivity index (χ0) is 18.9. The normalized spacial score (nSPS) is 12.4. The summed E-state index contributed by atoms with van der Waals surface area (Å²) in [5.41, 5.74) is 0.513. The number of sulfonamides is 2. The Morgan fingerprint density at radius 1 is 1.00 bits per heavy atom. The van der Waals surface area contributed by atoms with E-state index >= 15 is 0 Å². The monoisotopic (exact) mass is 475 g/mol. The molecule has 0 spiro atoms. The van der Waals surface area contributed by atoms with Crippen molar-refractivity contribution in [3.63, 3.8) is 0 Å². The van der Waals surface area contributed by atoms with Crippen molar-refractivity contribution in [3.8, 4) is 0 Å². The topological polar surface area (TPSA) is 105 Å². The van der Waals surface area contributed by atoms with Crippen molar-refractivity contribution in [2.24, 2.45) is 0 Å². The van der Waals surface area contributed by atoms with Gasteiger partial charge in [-0.25, -0.2) is 26.5 Å². The van der Waals surface area contributed by atoms with Gasteiger partial charge in [-0.3, -0.25) is 4.72 Å². The number of thiazole rings is 1. The van der Waals surface area contributed by atoms with Gasteiger partial charge >= 0.3 is 0 Å². The van der Waals surface area contributed by atoms with E-state index in [4.69, 9.17) is 0 Å². The molecule has 0 aliphatic heterocycles. The average molecular weight is 476 g/mol. The maximum absolute atomic E-state index is 12.4. The molecule has 0 saturated carbocycles. The first-order valence-electron chi connectivity index (χ1n) is 7.40. The summed E-state index contributed by atoms with van der Waals surface area (Å²) < 4.78 is 55.2. The molecule has 0 fully saturated rings. The number of hydrogen-bond donors (Lipinski definition) is 2. The molecule has 0 amide bonds. The molecule has 138 valence electrons. The first kappa shape index (κ1) is 19.2. The van der Waals surface area contributed by atoms with Gasteiger partial charge in [0, 0.05) is 11.0 Å². The average Bonchev–Trinajstić information content (AvgIpc) is 2.95. The molecule has 0 aliphatic rings. The Morgan fingerprint density at radius 2 is 1.65 bits per heavy atom. The lowest BCUT2D eigenvalue weighted by molar-refractivity contribution is 0.584. The molecule has 0 atom stereocenters. The van der Waals surface area contributed by atoms with Crippen molar-refractivity contribution in [2.75, 3.05) is 11.3 Å². The predicted octanol–water partition coefficient (Wildman–Crippen LogP) is 3.16. The summed E-state index contributed by atoms with van der Waals surface area (Å²) in [6, 6.07) is 10.7. The lowest BCUT2D eigenvalue weighted by Crippen LogP contribution is -2.22. The van der Waals surface area contributed by atoms with Crippen LogP contribution in [0.2, 0.25) is 0 Å². The van der Waals surface area contributed by atoms with E-state index in [-0.39, 0.29) is 21.5 Å². The molecule has 2 aromatic carbocycles. The zero-order valence-electron chi connectivity index (χ0n) is 13.4. The second-order valence-corrected chi connectivity index (χ2v) is 10.6. The summed E-state index contributed by atoms with van der Waals surface area (Å²) in [5.74, 6) is 0. The number of anilines is 1. The fraction of sp³-hybridized carbons (Fsp3) is 0.133. The van der Waals surface area contributed by atoms with Crippen LogP contribution in [0.25, 0.3) is 10.2 Å². The predicted molar refractivity (Wildman–Crippen MR) is 105 cm³/mol. The van der Waals surface area contributed by atoms with Gasteiger partial charge in [0.05, 0.1) is 20.0 Å². The quantitative estimate of drug-likeness (QED) is 0.569. The van der Waals surface area contributed by atoms with Crippen molar-refractivity contribution >= 4 is 62.7 Å². The van der Waals surface area contributed by atoms with Gasteiger partial charge in [0.15, 0.2) is 5.13 Å². The molecule has 0 radical (unpaired) electrons. The number of aromatic nitrogens is 1. The van der Waals surface area contributed by atoms with E-state index in [1.807, 2.05) is 0 Å². The van der Waals surface area contributed by atoms with E-state index < -0.39 is 20.0 Å². The Kier molecular flexibility index (Phi) is 5.35. The maximum Gasteiger partial charge on any atom is 0.263 e. The van der Waals surface area contributed by atoms with E-state index in [1.165, 1.54) is 24.3 Å². The first-order valence-corrected chi connectivity index (χ1v) is 12.0. The highest BCUT2D eigenvalue weighted by molar-refractivity contribution is 9.10. The molecule has 26 heavy (non-hydrogen) atoms.